The van der Waals surface area contributed by atoms with Crippen molar-refractivity contribution in [1.82, 2.24) is 4.98 Å². The number of guanidine groups is 1. The van der Waals surface area contributed by atoms with E-state index in [0.717, 1.165) is 16.5 Å². The zero-order chi connectivity index (χ0) is 13.0. The summed E-state index contributed by atoms with van der Waals surface area (Å²) in [7, 11) is 0. The van der Waals surface area contributed by atoms with Gasteiger partial charge in [0.15, 0.2) is 11.1 Å². The quantitative estimate of drug-likeness (QED) is 0.564. The summed E-state index contributed by atoms with van der Waals surface area (Å²) in [5.41, 5.74) is 12.5. The van der Waals surface area contributed by atoms with Crippen LogP contribution in [0.25, 0.3) is 10.9 Å². The molecule has 0 saturated carbocycles. The summed E-state index contributed by atoms with van der Waals surface area (Å²) in [4.78, 5) is 7.91. The van der Waals surface area contributed by atoms with E-state index in [-0.39, 0.29) is 11.1 Å². The number of nitrogens with zero attached hydrogens (tertiary/aromatic N) is 2. The summed E-state index contributed by atoms with van der Waals surface area (Å²) < 4.78 is 0. The first-order valence-corrected chi connectivity index (χ1v) is 6.28. The minimum absolute atomic E-state index is 0.0878. The van der Waals surface area contributed by atoms with Crippen LogP contribution in [-0.4, -0.2) is 16.1 Å². The molecule has 6 heteroatoms. The molecule has 0 unspecified atom stereocenters. The minimum atomic E-state index is -0.0878. The largest absolute Gasteiger partial charge is 0.370 e. The molecule has 5 nitrogen and oxygen atoms in total. The molecule has 0 spiro atoms. The summed E-state index contributed by atoms with van der Waals surface area (Å²) in [6.45, 7) is 0. The van der Waals surface area contributed by atoms with Crippen LogP contribution >= 0.6 is 11.8 Å². The van der Waals surface area contributed by atoms with Crippen LogP contribution in [0.4, 0.5) is 0 Å². The van der Waals surface area contributed by atoms with Gasteiger partial charge in [0.25, 0.3) is 0 Å². The van der Waals surface area contributed by atoms with Gasteiger partial charge in [-0.25, -0.2) is 0 Å². The zero-order valence-corrected chi connectivity index (χ0v) is 10.4. The lowest BCUT2D eigenvalue weighted by atomic mass is 10.1. The molecule has 0 aliphatic heterocycles. The Balaban J connectivity index is 2.08. The molecule has 0 aliphatic rings. The Morgan fingerprint density at radius 1 is 1.33 bits per heavy atom. The maximum absolute atomic E-state index is 7.53. The van der Waals surface area contributed by atoms with Crippen LogP contribution in [0.1, 0.15) is 5.56 Å². The molecular formula is C12H13N5S. The van der Waals surface area contributed by atoms with E-state index in [2.05, 4.69) is 16.0 Å². The van der Waals surface area contributed by atoms with Gasteiger partial charge in [0.2, 0.25) is 0 Å². The molecule has 0 fully saturated rings. The summed E-state index contributed by atoms with van der Waals surface area (Å²) in [6.07, 6.45) is 1.77. The molecule has 1 aromatic carbocycles. The number of aromatic nitrogens is 1. The summed E-state index contributed by atoms with van der Waals surface area (Å²) in [5.74, 6) is 0.565. The van der Waals surface area contributed by atoms with Crippen LogP contribution in [0.5, 0.6) is 0 Å². The monoisotopic (exact) mass is 259 g/mol. The first kappa shape index (κ1) is 12.4. The number of hydrogen-bond acceptors (Lipinski definition) is 3. The number of pyridine rings is 1. The third kappa shape index (κ3) is 3.21. The van der Waals surface area contributed by atoms with E-state index in [1.54, 1.807) is 6.20 Å². The number of aliphatic imine (C=N–C) groups is 1. The zero-order valence-electron chi connectivity index (χ0n) is 9.63. The topological polar surface area (TPSA) is 101 Å². The second-order valence-corrected chi connectivity index (χ2v) is 4.63. The van der Waals surface area contributed by atoms with Gasteiger partial charge in [0, 0.05) is 17.3 Å². The van der Waals surface area contributed by atoms with Crippen LogP contribution in [-0.2, 0) is 5.75 Å². The van der Waals surface area contributed by atoms with Crippen molar-refractivity contribution in [3.63, 3.8) is 0 Å². The fraction of sp³-hybridized carbons (Fsp3) is 0.0833. The maximum atomic E-state index is 7.53. The van der Waals surface area contributed by atoms with E-state index >= 15 is 0 Å². The lowest BCUT2D eigenvalue weighted by molar-refractivity contribution is 1.38. The molecule has 0 saturated heterocycles. The standard InChI is InChI=1S/C12H13N5S/c13-11(14)17-12(15)18-7-8-3-4-10-9(6-8)2-1-5-16-10/h1-6H,7H2,(H5,13,14,15,17). The third-order valence-corrected chi connectivity index (χ3v) is 3.12. The Kier molecular flexibility index (Phi) is 3.78. The molecule has 0 amide bonds. The van der Waals surface area contributed by atoms with Gasteiger partial charge < -0.3 is 11.5 Å². The highest BCUT2D eigenvalue weighted by Gasteiger charge is 2.00. The maximum Gasteiger partial charge on any atom is 0.193 e. The van der Waals surface area contributed by atoms with Crippen molar-refractivity contribution in [2.24, 2.45) is 16.5 Å². The Labute approximate surface area is 109 Å². The molecule has 1 heterocycles. The van der Waals surface area contributed by atoms with Crippen LogP contribution in [0.2, 0.25) is 0 Å². The molecule has 0 bridgehead atoms. The second-order valence-electron chi connectivity index (χ2n) is 3.66. The highest BCUT2D eigenvalue weighted by atomic mass is 32.2. The number of nitrogens with two attached hydrogens (primary N) is 2. The lowest BCUT2D eigenvalue weighted by Crippen LogP contribution is -2.23. The van der Waals surface area contributed by atoms with Gasteiger partial charge in [0.05, 0.1) is 5.52 Å². The SMILES string of the molecule is N=C(N=C(N)N)SCc1ccc2ncccc2c1. The normalized spacial score (nSPS) is 10.2. The highest BCUT2D eigenvalue weighted by Crippen LogP contribution is 2.18. The molecule has 5 N–H and O–H groups in total. The molecule has 2 rings (SSSR count). The summed E-state index contributed by atoms with van der Waals surface area (Å²) >= 11 is 1.28. The van der Waals surface area contributed by atoms with Crippen LogP contribution in [0.15, 0.2) is 41.5 Å². The van der Waals surface area contributed by atoms with Gasteiger partial charge in [0.1, 0.15) is 0 Å². The number of amidine groups is 1. The Hall–Kier alpha value is -2.08. The van der Waals surface area contributed by atoms with E-state index in [1.807, 2.05) is 24.3 Å². The van der Waals surface area contributed by atoms with Crippen molar-refractivity contribution >= 4 is 33.8 Å². The molecule has 0 aliphatic carbocycles. The lowest BCUT2D eigenvalue weighted by Gasteiger charge is -2.02. The number of thioether (sulfide) groups is 1. The van der Waals surface area contributed by atoms with Gasteiger partial charge >= 0.3 is 0 Å². The smallest absolute Gasteiger partial charge is 0.193 e. The van der Waals surface area contributed by atoms with Gasteiger partial charge in [-0.1, -0.05) is 23.9 Å². The van der Waals surface area contributed by atoms with Crippen molar-refractivity contribution in [1.29, 1.82) is 5.41 Å². The van der Waals surface area contributed by atoms with Crippen molar-refractivity contribution in [3.8, 4) is 0 Å². The molecule has 2 aromatic rings. The number of nitrogens with one attached hydrogen (secondary N) is 1. The Morgan fingerprint density at radius 3 is 2.94 bits per heavy atom. The van der Waals surface area contributed by atoms with Crippen LogP contribution in [0, 0.1) is 5.41 Å². The van der Waals surface area contributed by atoms with Crippen molar-refractivity contribution in [2.75, 3.05) is 0 Å². The average Bonchev–Trinajstić information content (AvgIpc) is 2.35. The summed E-state index contributed by atoms with van der Waals surface area (Å²) in [6, 6.07) is 9.93. The predicted octanol–water partition coefficient (Wildman–Crippen LogP) is 1.68. The van der Waals surface area contributed by atoms with E-state index in [9.17, 15) is 0 Å². The fourth-order valence-electron chi connectivity index (χ4n) is 1.52. The average molecular weight is 259 g/mol. The molecule has 0 radical (unpaired) electrons. The molecule has 92 valence electrons. The number of benzene rings is 1. The predicted molar refractivity (Wildman–Crippen MR) is 76.6 cm³/mol. The van der Waals surface area contributed by atoms with Crippen LogP contribution < -0.4 is 11.5 Å². The Bertz CT molecular complexity index is 604. The first-order valence-electron chi connectivity index (χ1n) is 5.30. The molecule has 1 aromatic heterocycles. The van der Waals surface area contributed by atoms with Gasteiger partial charge in [-0.2, -0.15) is 4.99 Å². The first-order chi connectivity index (χ1) is 8.65. The highest BCUT2D eigenvalue weighted by molar-refractivity contribution is 8.13. The minimum Gasteiger partial charge on any atom is -0.370 e. The van der Waals surface area contributed by atoms with E-state index in [4.69, 9.17) is 16.9 Å². The van der Waals surface area contributed by atoms with Crippen LogP contribution in [0.3, 0.4) is 0 Å². The Morgan fingerprint density at radius 2 is 2.17 bits per heavy atom. The third-order valence-electron chi connectivity index (χ3n) is 2.27. The van der Waals surface area contributed by atoms with Crippen molar-refractivity contribution < 1.29 is 0 Å². The van der Waals surface area contributed by atoms with E-state index in [0.29, 0.717) is 5.75 Å². The number of hydrogen-bond donors (Lipinski definition) is 3. The van der Waals surface area contributed by atoms with E-state index < -0.39 is 0 Å². The van der Waals surface area contributed by atoms with Gasteiger partial charge in [-0.15, -0.1) is 0 Å². The van der Waals surface area contributed by atoms with Crippen molar-refractivity contribution in [2.45, 2.75) is 5.75 Å². The molecule has 18 heavy (non-hydrogen) atoms. The number of fused-ring (bicyclic) bond motifs is 1. The van der Waals surface area contributed by atoms with Gasteiger partial charge in [-0.05, 0) is 23.8 Å². The van der Waals surface area contributed by atoms with E-state index in [1.165, 1.54) is 11.8 Å². The number of rotatable bonds is 2. The second kappa shape index (κ2) is 5.50. The van der Waals surface area contributed by atoms with Gasteiger partial charge in [-0.3, -0.25) is 10.4 Å². The molecular weight excluding hydrogens is 246 g/mol. The van der Waals surface area contributed by atoms with Crippen molar-refractivity contribution in [3.05, 3.63) is 42.1 Å². The fourth-order valence-corrected chi connectivity index (χ4v) is 2.17. The molecule has 0 atom stereocenters. The summed E-state index contributed by atoms with van der Waals surface area (Å²) in [5, 5.41) is 8.73.